The molecule has 0 fully saturated rings. The maximum absolute atomic E-state index is 12.7. The van der Waals surface area contributed by atoms with E-state index in [1.807, 2.05) is 48.5 Å². The Morgan fingerprint density at radius 1 is 1.06 bits per heavy atom. The number of amides is 1. The highest BCUT2D eigenvalue weighted by Crippen LogP contribution is 2.25. The number of methoxy groups -OCH3 is 1. The quantitative estimate of drug-likeness (QED) is 0.533. The van der Waals surface area contributed by atoms with Crippen molar-refractivity contribution >= 4 is 26.7 Å². The molecule has 164 valence electrons. The van der Waals surface area contributed by atoms with Crippen LogP contribution in [0.15, 0.2) is 59.0 Å². The SMILES string of the molecule is COc1nc2ccccc2cc1Cc1ccc(CS(C)(=O)=NC(=O)OC(C)(C)C)cc1. The van der Waals surface area contributed by atoms with E-state index in [0.717, 1.165) is 27.6 Å². The summed E-state index contributed by atoms with van der Waals surface area (Å²) in [7, 11) is -1.12. The van der Waals surface area contributed by atoms with Crippen LogP contribution in [0.2, 0.25) is 0 Å². The molecular weight excluding hydrogens is 412 g/mol. The molecule has 3 rings (SSSR count). The molecule has 1 amide bonds. The highest BCUT2D eigenvalue weighted by molar-refractivity contribution is 7.92. The number of hydrogen-bond acceptors (Lipinski definition) is 5. The third-order valence-corrected chi connectivity index (χ3v) is 5.87. The molecule has 1 unspecified atom stereocenters. The number of pyridine rings is 1. The summed E-state index contributed by atoms with van der Waals surface area (Å²) in [6.07, 6.45) is 1.33. The minimum atomic E-state index is -2.74. The van der Waals surface area contributed by atoms with E-state index >= 15 is 0 Å². The molecule has 0 aliphatic heterocycles. The van der Waals surface area contributed by atoms with Gasteiger partial charge < -0.3 is 9.47 Å². The molecule has 7 heteroatoms. The van der Waals surface area contributed by atoms with Gasteiger partial charge in [0, 0.05) is 23.6 Å². The Labute approximate surface area is 183 Å². The zero-order valence-corrected chi connectivity index (χ0v) is 19.4. The van der Waals surface area contributed by atoms with Crippen molar-refractivity contribution in [1.82, 2.24) is 4.98 Å². The lowest BCUT2D eigenvalue weighted by Crippen LogP contribution is -2.22. The van der Waals surface area contributed by atoms with Gasteiger partial charge in [0.05, 0.1) is 28.1 Å². The predicted octanol–water partition coefficient (Wildman–Crippen LogP) is 5.37. The summed E-state index contributed by atoms with van der Waals surface area (Å²) in [5, 5.41) is 1.06. The van der Waals surface area contributed by atoms with E-state index in [0.29, 0.717) is 12.3 Å². The molecule has 0 radical (unpaired) electrons. The Balaban J connectivity index is 1.76. The number of fused-ring (bicyclic) bond motifs is 1. The molecule has 0 aliphatic rings. The molecule has 3 aromatic rings. The minimum absolute atomic E-state index is 0.174. The van der Waals surface area contributed by atoms with E-state index in [-0.39, 0.29) is 5.75 Å². The number of nitrogens with zero attached hydrogens (tertiary/aromatic N) is 2. The Bertz CT molecular complexity index is 1200. The summed E-state index contributed by atoms with van der Waals surface area (Å²) in [6, 6.07) is 17.8. The minimum Gasteiger partial charge on any atom is -0.481 e. The number of rotatable bonds is 5. The third-order valence-electron chi connectivity index (χ3n) is 4.47. The molecule has 0 aliphatic carbocycles. The van der Waals surface area contributed by atoms with Crippen LogP contribution < -0.4 is 4.74 Å². The highest BCUT2D eigenvalue weighted by Gasteiger charge is 2.17. The number of carbonyl (C=O) groups excluding carboxylic acids is 1. The van der Waals surface area contributed by atoms with Gasteiger partial charge in [0.15, 0.2) is 0 Å². The predicted molar refractivity (Wildman–Crippen MR) is 124 cm³/mol. The van der Waals surface area contributed by atoms with Crippen molar-refractivity contribution in [2.45, 2.75) is 38.5 Å². The number of aromatic nitrogens is 1. The topological polar surface area (TPSA) is 77.9 Å². The Kier molecular flexibility index (Phi) is 6.65. The average molecular weight is 441 g/mol. The molecule has 1 aromatic heterocycles. The number of hydrogen-bond donors (Lipinski definition) is 0. The van der Waals surface area contributed by atoms with E-state index < -0.39 is 21.4 Å². The molecular formula is C24H28N2O4S. The molecule has 0 bridgehead atoms. The van der Waals surface area contributed by atoms with Crippen molar-refractivity contribution in [3.05, 3.63) is 71.3 Å². The number of ether oxygens (including phenoxy) is 2. The molecule has 1 heterocycles. The molecule has 31 heavy (non-hydrogen) atoms. The number of carbonyl (C=O) groups is 1. The van der Waals surface area contributed by atoms with Crippen LogP contribution in [-0.4, -0.2) is 34.3 Å². The average Bonchev–Trinajstić information content (AvgIpc) is 2.66. The fourth-order valence-corrected chi connectivity index (χ4v) is 4.43. The van der Waals surface area contributed by atoms with Gasteiger partial charge in [0.1, 0.15) is 5.60 Å². The standard InChI is InChI=1S/C24H28N2O4S/c1-24(2,3)30-23(27)26-31(5,28)16-18-12-10-17(11-13-18)14-20-15-19-8-6-7-9-21(19)25-22(20)29-4/h6-13,15H,14,16H2,1-5H3. The maximum atomic E-state index is 12.7. The first-order valence-electron chi connectivity index (χ1n) is 9.98. The Morgan fingerprint density at radius 2 is 1.71 bits per heavy atom. The second-order valence-corrected chi connectivity index (χ2v) is 10.9. The molecule has 0 spiro atoms. The van der Waals surface area contributed by atoms with Crippen molar-refractivity contribution in [3.8, 4) is 5.88 Å². The molecule has 0 saturated carbocycles. The van der Waals surface area contributed by atoms with E-state index in [1.54, 1.807) is 27.9 Å². The summed E-state index contributed by atoms with van der Waals surface area (Å²) in [5.41, 5.74) is 3.13. The molecule has 0 N–H and O–H groups in total. The maximum Gasteiger partial charge on any atom is 0.442 e. The van der Waals surface area contributed by atoms with E-state index in [9.17, 15) is 9.00 Å². The lowest BCUT2D eigenvalue weighted by molar-refractivity contribution is 0.0607. The van der Waals surface area contributed by atoms with Crippen molar-refractivity contribution < 1.29 is 18.5 Å². The van der Waals surface area contributed by atoms with Gasteiger partial charge in [0.25, 0.3) is 0 Å². The second-order valence-electron chi connectivity index (χ2n) is 8.52. The van der Waals surface area contributed by atoms with Gasteiger partial charge in [-0.2, -0.15) is 0 Å². The lowest BCUT2D eigenvalue weighted by Gasteiger charge is -2.17. The summed E-state index contributed by atoms with van der Waals surface area (Å²) in [5.74, 6) is 0.781. The van der Waals surface area contributed by atoms with E-state index in [2.05, 4.69) is 15.4 Å². The van der Waals surface area contributed by atoms with Crippen LogP contribution in [0.3, 0.4) is 0 Å². The van der Waals surface area contributed by atoms with Gasteiger partial charge in [-0.15, -0.1) is 4.36 Å². The number of para-hydroxylation sites is 1. The fraction of sp³-hybridized carbons (Fsp3) is 0.333. The van der Waals surface area contributed by atoms with Gasteiger partial charge in [-0.1, -0.05) is 42.5 Å². The molecule has 2 aromatic carbocycles. The first-order chi connectivity index (χ1) is 14.5. The van der Waals surface area contributed by atoms with Crippen LogP contribution in [0.5, 0.6) is 5.88 Å². The van der Waals surface area contributed by atoms with Crippen LogP contribution >= 0.6 is 0 Å². The van der Waals surface area contributed by atoms with Gasteiger partial charge in [-0.25, -0.2) is 14.0 Å². The smallest absolute Gasteiger partial charge is 0.442 e. The summed E-state index contributed by atoms with van der Waals surface area (Å²) in [6.45, 7) is 5.24. The first-order valence-corrected chi connectivity index (χ1v) is 12.1. The molecule has 1 atom stereocenters. The van der Waals surface area contributed by atoms with Gasteiger partial charge in [-0.05, 0) is 44.0 Å². The molecule has 0 saturated heterocycles. The number of benzene rings is 2. The Morgan fingerprint density at radius 3 is 2.35 bits per heavy atom. The van der Waals surface area contributed by atoms with Crippen molar-refractivity contribution in [1.29, 1.82) is 0 Å². The van der Waals surface area contributed by atoms with Crippen LogP contribution in [0.1, 0.15) is 37.5 Å². The summed E-state index contributed by atoms with van der Waals surface area (Å²) >= 11 is 0. The zero-order chi connectivity index (χ0) is 22.6. The van der Waals surface area contributed by atoms with Crippen LogP contribution in [-0.2, 0) is 26.6 Å². The van der Waals surface area contributed by atoms with Crippen molar-refractivity contribution in [2.24, 2.45) is 4.36 Å². The molecule has 6 nitrogen and oxygen atoms in total. The van der Waals surface area contributed by atoms with E-state index in [4.69, 9.17) is 9.47 Å². The Hall–Kier alpha value is -2.93. The lowest BCUT2D eigenvalue weighted by atomic mass is 10.0. The first kappa shape index (κ1) is 22.7. The van der Waals surface area contributed by atoms with E-state index in [1.165, 1.54) is 6.26 Å². The normalized spacial score (nSPS) is 13.5. The van der Waals surface area contributed by atoms with Gasteiger partial charge >= 0.3 is 6.09 Å². The van der Waals surface area contributed by atoms with Crippen LogP contribution in [0.4, 0.5) is 4.79 Å². The highest BCUT2D eigenvalue weighted by atomic mass is 32.2. The van der Waals surface area contributed by atoms with Crippen molar-refractivity contribution in [3.63, 3.8) is 0 Å². The van der Waals surface area contributed by atoms with Gasteiger partial charge in [0.2, 0.25) is 5.88 Å². The second kappa shape index (κ2) is 9.06. The van der Waals surface area contributed by atoms with Crippen molar-refractivity contribution in [2.75, 3.05) is 13.4 Å². The third kappa shape index (κ3) is 6.52. The van der Waals surface area contributed by atoms with Crippen LogP contribution in [0, 0.1) is 0 Å². The fourth-order valence-electron chi connectivity index (χ4n) is 3.20. The summed E-state index contributed by atoms with van der Waals surface area (Å²) in [4.78, 5) is 16.5. The largest absolute Gasteiger partial charge is 0.481 e. The van der Waals surface area contributed by atoms with Gasteiger partial charge in [-0.3, -0.25) is 0 Å². The van der Waals surface area contributed by atoms with Crippen LogP contribution in [0.25, 0.3) is 10.9 Å². The monoisotopic (exact) mass is 440 g/mol. The summed E-state index contributed by atoms with van der Waals surface area (Å²) < 4.78 is 27.1. The zero-order valence-electron chi connectivity index (χ0n) is 18.5.